The minimum Gasteiger partial charge on any atom is -0.352 e. The predicted octanol–water partition coefficient (Wildman–Crippen LogP) is 7.20. The first-order chi connectivity index (χ1) is 20.9. The zero-order valence-electron chi connectivity index (χ0n) is 23.8. The Kier molecular flexibility index (Phi) is 8.68. The van der Waals surface area contributed by atoms with Gasteiger partial charge in [0.1, 0.15) is 12.6 Å². The van der Waals surface area contributed by atoms with Gasteiger partial charge in [-0.1, -0.05) is 103 Å². The molecule has 6 rings (SSSR count). The molecule has 1 saturated carbocycles. The van der Waals surface area contributed by atoms with Crippen LogP contribution in [0.1, 0.15) is 53.6 Å². The fraction of sp³-hybridized carbons (Fsp3) is 0.286. The number of rotatable bonds is 9. The van der Waals surface area contributed by atoms with E-state index in [-0.39, 0.29) is 36.9 Å². The number of anilines is 1. The molecular formula is C35H33Cl2N3O3. The van der Waals surface area contributed by atoms with Gasteiger partial charge in [0.2, 0.25) is 11.8 Å². The Morgan fingerprint density at radius 2 is 1.65 bits per heavy atom. The molecule has 2 aliphatic rings. The molecule has 4 aromatic carbocycles. The van der Waals surface area contributed by atoms with Gasteiger partial charge >= 0.3 is 0 Å². The summed E-state index contributed by atoms with van der Waals surface area (Å²) in [7, 11) is 0. The molecule has 0 radical (unpaired) electrons. The van der Waals surface area contributed by atoms with E-state index in [0.29, 0.717) is 33.3 Å². The van der Waals surface area contributed by atoms with Crippen LogP contribution in [0.5, 0.6) is 0 Å². The zero-order valence-corrected chi connectivity index (χ0v) is 25.3. The third kappa shape index (κ3) is 6.27. The largest absolute Gasteiger partial charge is 0.352 e. The van der Waals surface area contributed by atoms with Crippen LogP contribution in [0.15, 0.2) is 84.9 Å². The maximum Gasteiger partial charge on any atom is 0.259 e. The summed E-state index contributed by atoms with van der Waals surface area (Å²) in [5, 5.41) is 5.92. The molecule has 1 heterocycles. The van der Waals surface area contributed by atoms with Crippen LogP contribution < -0.4 is 10.2 Å². The number of hydrogen-bond donors (Lipinski definition) is 1. The molecule has 43 heavy (non-hydrogen) atoms. The van der Waals surface area contributed by atoms with Gasteiger partial charge in [0.15, 0.2) is 0 Å². The van der Waals surface area contributed by atoms with Crippen LogP contribution in [-0.2, 0) is 22.6 Å². The topological polar surface area (TPSA) is 69.7 Å². The Balaban J connectivity index is 1.36. The molecule has 0 bridgehead atoms. The van der Waals surface area contributed by atoms with E-state index in [0.717, 1.165) is 42.0 Å². The van der Waals surface area contributed by atoms with Crippen LogP contribution in [0.4, 0.5) is 5.69 Å². The van der Waals surface area contributed by atoms with E-state index in [9.17, 15) is 14.4 Å². The van der Waals surface area contributed by atoms with Crippen molar-refractivity contribution in [3.05, 3.63) is 112 Å². The van der Waals surface area contributed by atoms with Crippen LogP contribution in [0.25, 0.3) is 10.8 Å². The summed E-state index contributed by atoms with van der Waals surface area (Å²) in [6.45, 7) is -0.122. The van der Waals surface area contributed by atoms with Crippen molar-refractivity contribution >= 4 is 57.4 Å². The molecule has 220 valence electrons. The highest BCUT2D eigenvalue weighted by molar-refractivity contribution is 6.35. The highest BCUT2D eigenvalue weighted by Gasteiger charge is 2.36. The van der Waals surface area contributed by atoms with E-state index in [2.05, 4.69) is 5.32 Å². The van der Waals surface area contributed by atoms with Crippen LogP contribution >= 0.6 is 23.2 Å². The first-order valence-electron chi connectivity index (χ1n) is 14.8. The maximum atomic E-state index is 14.4. The molecular weight excluding hydrogens is 581 g/mol. The van der Waals surface area contributed by atoms with Crippen molar-refractivity contribution in [3.63, 3.8) is 0 Å². The summed E-state index contributed by atoms with van der Waals surface area (Å²) in [5.74, 6) is -0.771. The van der Waals surface area contributed by atoms with Gasteiger partial charge in [-0.05, 0) is 53.6 Å². The molecule has 1 N–H and O–H groups in total. The molecule has 1 atom stereocenters. The maximum absolute atomic E-state index is 14.4. The van der Waals surface area contributed by atoms with Gasteiger partial charge < -0.3 is 10.2 Å². The Morgan fingerprint density at radius 1 is 0.907 bits per heavy atom. The third-order valence-corrected chi connectivity index (χ3v) is 9.11. The van der Waals surface area contributed by atoms with Gasteiger partial charge in [-0.25, -0.2) is 0 Å². The lowest BCUT2D eigenvalue weighted by Gasteiger charge is -2.34. The molecule has 1 fully saturated rings. The number of halogens is 2. The quantitative estimate of drug-likeness (QED) is 0.217. The van der Waals surface area contributed by atoms with E-state index in [4.69, 9.17) is 23.2 Å². The van der Waals surface area contributed by atoms with Crippen LogP contribution in [-0.4, -0.2) is 41.2 Å². The van der Waals surface area contributed by atoms with Crippen molar-refractivity contribution in [2.75, 3.05) is 11.4 Å². The van der Waals surface area contributed by atoms with Crippen molar-refractivity contribution in [3.8, 4) is 0 Å². The molecule has 1 aliphatic carbocycles. The molecule has 6 nitrogen and oxygen atoms in total. The number of nitrogens with zero attached hydrogens (tertiary/aromatic N) is 2. The van der Waals surface area contributed by atoms with Crippen molar-refractivity contribution < 1.29 is 14.4 Å². The molecule has 3 amide bonds. The highest BCUT2D eigenvalue weighted by Crippen LogP contribution is 2.37. The molecule has 0 spiro atoms. The summed E-state index contributed by atoms with van der Waals surface area (Å²) in [4.78, 5) is 45.2. The average molecular weight is 615 g/mol. The zero-order chi connectivity index (χ0) is 29.9. The summed E-state index contributed by atoms with van der Waals surface area (Å²) >= 11 is 12.8. The smallest absolute Gasteiger partial charge is 0.259 e. The van der Waals surface area contributed by atoms with Gasteiger partial charge in [-0.2, -0.15) is 0 Å². The lowest BCUT2D eigenvalue weighted by atomic mass is 9.94. The van der Waals surface area contributed by atoms with E-state index in [1.165, 1.54) is 11.3 Å². The van der Waals surface area contributed by atoms with Crippen LogP contribution in [0, 0.1) is 0 Å². The lowest BCUT2D eigenvalue weighted by Crippen LogP contribution is -2.54. The number of hydrogen-bond acceptors (Lipinski definition) is 3. The van der Waals surface area contributed by atoms with Crippen molar-refractivity contribution in [2.45, 2.75) is 57.2 Å². The van der Waals surface area contributed by atoms with E-state index < -0.39 is 6.04 Å². The second kappa shape index (κ2) is 12.8. The monoisotopic (exact) mass is 613 g/mol. The number of benzene rings is 4. The molecule has 1 unspecified atom stereocenters. The number of amides is 3. The summed E-state index contributed by atoms with van der Waals surface area (Å²) < 4.78 is 0. The SMILES string of the molecule is O=C(NC1CCCCC1)C(Cc1ccccc1)N(Cc1ccc(Cl)cc1Cl)C(=O)CN1C(=O)c2cccc3cccc1c23. The second-order valence-electron chi connectivity index (χ2n) is 11.4. The molecule has 1 aliphatic heterocycles. The lowest BCUT2D eigenvalue weighted by molar-refractivity contribution is -0.140. The number of carbonyl (C=O) groups is 3. The van der Waals surface area contributed by atoms with E-state index in [1.807, 2.05) is 60.7 Å². The summed E-state index contributed by atoms with van der Waals surface area (Å²) in [6, 6.07) is 25.4. The average Bonchev–Trinajstić information content (AvgIpc) is 3.28. The van der Waals surface area contributed by atoms with Gasteiger partial charge in [-0.3, -0.25) is 19.3 Å². The summed E-state index contributed by atoms with van der Waals surface area (Å²) in [6.07, 6.45) is 5.47. The minimum atomic E-state index is -0.820. The Morgan fingerprint density at radius 3 is 2.40 bits per heavy atom. The van der Waals surface area contributed by atoms with Crippen molar-refractivity contribution in [1.82, 2.24) is 10.2 Å². The van der Waals surface area contributed by atoms with E-state index in [1.54, 1.807) is 29.2 Å². The van der Waals surface area contributed by atoms with Gasteiger partial charge in [0.25, 0.3) is 5.91 Å². The van der Waals surface area contributed by atoms with Gasteiger partial charge in [-0.15, -0.1) is 0 Å². The number of nitrogens with one attached hydrogen (secondary N) is 1. The number of carbonyl (C=O) groups excluding carboxylic acids is 3. The fourth-order valence-corrected chi connectivity index (χ4v) is 6.76. The minimum absolute atomic E-state index is 0.0721. The predicted molar refractivity (Wildman–Crippen MR) is 172 cm³/mol. The highest BCUT2D eigenvalue weighted by atomic mass is 35.5. The first kappa shape index (κ1) is 29.2. The standard InChI is InChI=1S/C35H33Cl2N3O3/c36-26-18-17-25(29(37)20-26)21-39(31(19-23-9-3-1-4-10-23)34(42)38-27-13-5-2-6-14-27)32(41)22-40-30-16-8-12-24-11-7-15-28(33(24)30)35(40)43/h1,3-4,7-12,15-18,20,27,31H,2,5-6,13-14,19,21-22H2,(H,38,42). The Bertz CT molecular complexity index is 1660. The van der Waals surface area contributed by atoms with Crippen molar-refractivity contribution in [2.24, 2.45) is 0 Å². The third-order valence-electron chi connectivity index (χ3n) is 8.52. The van der Waals surface area contributed by atoms with Gasteiger partial charge in [0.05, 0.1) is 5.69 Å². The van der Waals surface area contributed by atoms with E-state index >= 15 is 0 Å². The van der Waals surface area contributed by atoms with Crippen LogP contribution in [0.3, 0.4) is 0 Å². The fourth-order valence-electron chi connectivity index (χ4n) is 6.29. The molecule has 8 heteroatoms. The second-order valence-corrected chi connectivity index (χ2v) is 12.2. The van der Waals surface area contributed by atoms with Crippen molar-refractivity contribution in [1.29, 1.82) is 0 Å². The van der Waals surface area contributed by atoms with Crippen LogP contribution in [0.2, 0.25) is 10.0 Å². The normalized spacial score (nSPS) is 15.5. The molecule has 4 aromatic rings. The first-order valence-corrected chi connectivity index (χ1v) is 15.6. The van der Waals surface area contributed by atoms with Gasteiger partial charge in [0, 0.05) is 40.0 Å². The molecule has 0 aromatic heterocycles. The Hall–Kier alpha value is -3.87. The summed E-state index contributed by atoms with van der Waals surface area (Å²) in [5.41, 5.74) is 2.87. The Labute approximate surface area is 261 Å². The molecule has 0 saturated heterocycles.